The number of halogens is 4. The quantitative estimate of drug-likeness (QED) is 0.777. The van der Waals surface area contributed by atoms with E-state index in [1.54, 1.807) is 0 Å². The van der Waals surface area contributed by atoms with Crippen LogP contribution in [0.1, 0.15) is 18.9 Å². The molecule has 0 spiro atoms. The van der Waals surface area contributed by atoms with E-state index in [1.807, 2.05) is 6.92 Å². The molecule has 21 heavy (non-hydrogen) atoms. The van der Waals surface area contributed by atoms with Gasteiger partial charge in [0.05, 0.1) is 11.0 Å². The van der Waals surface area contributed by atoms with Gasteiger partial charge in [0.1, 0.15) is 5.75 Å². The summed E-state index contributed by atoms with van der Waals surface area (Å²) in [5.74, 6) is -0.417. The molecule has 0 aromatic heterocycles. The van der Waals surface area contributed by atoms with Gasteiger partial charge in [0, 0.05) is 13.1 Å². The molecule has 0 aliphatic rings. The number of carbonyl (C=O) groups excluding carboxylic acids is 1. The van der Waals surface area contributed by atoms with Gasteiger partial charge in [0.2, 0.25) is 5.91 Å². The summed E-state index contributed by atoms with van der Waals surface area (Å²) in [4.78, 5) is 11.3. The highest BCUT2D eigenvalue weighted by atomic mass is 79.9. The number of alkyl halides is 3. The Morgan fingerprint density at radius 3 is 2.67 bits per heavy atom. The Balaban J connectivity index is 2.47. The summed E-state index contributed by atoms with van der Waals surface area (Å²) in [6, 6.07) is 4.24. The predicted molar refractivity (Wildman–Crippen MR) is 75.8 cm³/mol. The first-order chi connectivity index (χ1) is 9.81. The fraction of sp³-hybridized carbons (Fsp3) is 0.462. The van der Waals surface area contributed by atoms with E-state index in [-0.39, 0.29) is 22.7 Å². The average molecular weight is 369 g/mol. The smallest absolute Gasteiger partial charge is 0.405 e. The van der Waals surface area contributed by atoms with Gasteiger partial charge in [-0.15, -0.1) is 13.2 Å². The molecular weight excluding hydrogens is 353 g/mol. The second kappa shape index (κ2) is 8.23. The van der Waals surface area contributed by atoms with Gasteiger partial charge in [-0.1, -0.05) is 13.0 Å². The van der Waals surface area contributed by atoms with E-state index >= 15 is 0 Å². The number of benzene rings is 1. The van der Waals surface area contributed by atoms with Crippen molar-refractivity contribution in [3.63, 3.8) is 0 Å². The van der Waals surface area contributed by atoms with Gasteiger partial charge < -0.3 is 15.4 Å². The van der Waals surface area contributed by atoms with Crippen LogP contribution in [0.5, 0.6) is 5.75 Å². The number of amides is 1. The third kappa shape index (κ3) is 7.33. The fourth-order valence-electron chi connectivity index (χ4n) is 1.51. The van der Waals surface area contributed by atoms with Crippen LogP contribution >= 0.6 is 15.9 Å². The summed E-state index contributed by atoms with van der Waals surface area (Å²) in [6.45, 7) is 3.09. The Kier molecular flexibility index (Phi) is 6.97. The highest BCUT2D eigenvalue weighted by molar-refractivity contribution is 9.10. The van der Waals surface area contributed by atoms with E-state index in [0.717, 1.165) is 12.0 Å². The Morgan fingerprint density at radius 1 is 1.38 bits per heavy atom. The van der Waals surface area contributed by atoms with Crippen molar-refractivity contribution in [3.05, 3.63) is 28.2 Å². The molecule has 0 atom stereocenters. The van der Waals surface area contributed by atoms with Crippen LogP contribution in [-0.4, -0.2) is 25.4 Å². The number of hydrogen-bond acceptors (Lipinski definition) is 3. The van der Waals surface area contributed by atoms with Crippen molar-refractivity contribution in [2.75, 3.05) is 13.1 Å². The van der Waals surface area contributed by atoms with Gasteiger partial charge in [-0.25, -0.2) is 0 Å². The summed E-state index contributed by atoms with van der Waals surface area (Å²) < 4.78 is 40.4. The van der Waals surface area contributed by atoms with Gasteiger partial charge >= 0.3 is 6.36 Å². The van der Waals surface area contributed by atoms with Crippen LogP contribution in [0.2, 0.25) is 0 Å². The van der Waals surface area contributed by atoms with E-state index in [0.29, 0.717) is 13.1 Å². The van der Waals surface area contributed by atoms with Crippen molar-refractivity contribution in [1.82, 2.24) is 10.6 Å². The highest BCUT2D eigenvalue weighted by Gasteiger charge is 2.31. The SMILES string of the molecule is CCCNC(=O)CNCc1ccc(OC(F)(F)F)c(Br)c1. The van der Waals surface area contributed by atoms with Crippen molar-refractivity contribution < 1.29 is 22.7 Å². The Labute approximate surface area is 129 Å². The maximum atomic E-state index is 12.1. The summed E-state index contributed by atoms with van der Waals surface area (Å²) in [5, 5.41) is 5.62. The van der Waals surface area contributed by atoms with E-state index in [1.165, 1.54) is 18.2 Å². The van der Waals surface area contributed by atoms with Crippen molar-refractivity contribution in [3.8, 4) is 5.75 Å². The molecule has 1 amide bonds. The number of nitrogens with one attached hydrogen (secondary N) is 2. The molecule has 118 valence electrons. The van der Waals surface area contributed by atoms with Gasteiger partial charge in [-0.3, -0.25) is 4.79 Å². The molecule has 0 fully saturated rings. The lowest BCUT2D eigenvalue weighted by molar-refractivity contribution is -0.274. The Hall–Kier alpha value is -1.28. The third-order valence-corrected chi connectivity index (χ3v) is 3.03. The minimum Gasteiger partial charge on any atom is -0.405 e. The molecule has 1 rings (SSSR count). The third-order valence-electron chi connectivity index (χ3n) is 2.41. The molecule has 0 bridgehead atoms. The maximum absolute atomic E-state index is 12.1. The lowest BCUT2D eigenvalue weighted by atomic mass is 10.2. The van der Waals surface area contributed by atoms with Gasteiger partial charge in [-0.05, 0) is 40.0 Å². The van der Waals surface area contributed by atoms with E-state index in [4.69, 9.17) is 0 Å². The van der Waals surface area contributed by atoms with Gasteiger partial charge in [0.15, 0.2) is 0 Å². The van der Waals surface area contributed by atoms with Crippen molar-refractivity contribution in [2.45, 2.75) is 26.3 Å². The molecule has 0 aliphatic heterocycles. The molecule has 0 heterocycles. The molecule has 1 aromatic rings. The summed E-state index contributed by atoms with van der Waals surface area (Å²) in [5.41, 5.74) is 0.736. The number of ether oxygens (including phenoxy) is 1. The molecular formula is C13H16BrF3N2O2. The molecule has 8 heteroatoms. The maximum Gasteiger partial charge on any atom is 0.573 e. The van der Waals surface area contributed by atoms with Crippen LogP contribution < -0.4 is 15.4 Å². The largest absolute Gasteiger partial charge is 0.573 e. The minimum atomic E-state index is -4.72. The number of rotatable bonds is 7. The van der Waals surface area contributed by atoms with Crippen molar-refractivity contribution in [1.29, 1.82) is 0 Å². The summed E-state index contributed by atoms with van der Waals surface area (Å²) in [7, 11) is 0. The Bertz CT molecular complexity index is 481. The molecule has 4 nitrogen and oxygen atoms in total. The molecule has 0 saturated carbocycles. The molecule has 0 saturated heterocycles. The van der Waals surface area contributed by atoms with Crippen LogP contribution in [0.15, 0.2) is 22.7 Å². The van der Waals surface area contributed by atoms with Crippen molar-refractivity contribution in [2.24, 2.45) is 0 Å². The number of carbonyl (C=O) groups is 1. The van der Waals surface area contributed by atoms with E-state index < -0.39 is 6.36 Å². The zero-order chi connectivity index (χ0) is 15.9. The second-order valence-electron chi connectivity index (χ2n) is 4.27. The Morgan fingerprint density at radius 2 is 2.10 bits per heavy atom. The highest BCUT2D eigenvalue weighted by Crippen LogP contribution is 2.30. The number of hydrogen-bond donors (Lipinski definition) is 2. The van der Waals surface area contributed by atoms with E-state index in [9.17, 15) is 18.0 Å². The average Bonchev–Trinajstić information content (AvgIpc) is 2.38. The van der Waals surface area contributed by atoms with Gasteiger partial charge in [-0.2, -0.15) is 0 Å². The lowest BCUT2D eigenvalue weighted by Crippen LogP contribution is -2.33. The first-order valence-electron chi connectivity index (χ1n) is 6.33. The van der Waals surface area contributed by atoms with E-state index in [2.05, 4.69) is 31.3 Å². The van der Waals surface area contributed by atoms with Crippen LogP contribution in [0.25, 0.3) is 0 Å². The predicted octanol–water partition coefficient (Wildman–Crippen LogP) is 2.96. The standard InChI is InChI=1S/C13H16BrF3N2O2/c1-2-5-19-12(20)8-18-7-9-3-4-11(10(14)6-9)21-13(15,16)17/h3-4,6,18H,2,5,7-8H2,1H3,(H,19,20). The molecule has 0 aliphatic carbocycles. The molecule has 1 aromatic carbocycles. The molecule has 2 N–H and O–H groups in total. The van der Waals surface area contributed by atoms with Gasteiger partial charge in [0.25, 0.3) is 0 Å². The molecule has 0 unspecified atom stereocenters. The zero-order valence-corrected chi connectivity index (χ0v) is 13.0. The molecule has 0 radical (unpaired) electrons. The van der Waals surface area contributed by atoms with Crippen LogP contribution in [0, 0.1) is 0 Å². The summed E-state index contributed by atoms with van der Waals surface area (Å²) >= 11 is 3.02. The fourth-order valence-corrected chi connectivity index (χ4v) is 2.02. The van der Waals surface area contributed by atoms with Crippen molar-refractivity contribution >= 4 is 21.8 Å². The van der Waals surface area contributed by atoms with Crippen LogP contribution in [0.3, 0.4) is 0 Å². The lowest BCUT2D eigenvalue weighted by Gasteiger charge is -2.12. The monoisotopic (exact) mass is 368 g/mol. The normalized spacial score (nSPS) is 11.3. The first kappa shape index (κ1) is 17.8. The van der Waals surface area contributed by atoms with Crippen LogP contribution in [-0.2, 0) is 11.3 Å². The van der Waals surface area contributed by atoms with Crippen LogP contribution in [0.4, 0.5) is 13.2 Å². The second-order valence-corrected chi connectivity index (χ2v) is 5.12. The summed E-state index contributed by atoms with van der Waals surface area (Å²) in [6.07, 6.45) is -3.86. The first-order valence-corrected chi connectivity index (χ1v) is 7.12. The topological polar surface area (TPSA) is 50.4 Å². The minimum absolute atomic E-state index is 0.118. The zero-order valence-electron chi connectivity index (χ0n) is 11.4.